The van der Waals surface area contributed by atoms with Crippen LogP contribution in [0.1, 0.15) is 120 Å². The zero-order chi connectivity index (χ0) is 46.9. The number of methoxy groups -OCH3 is 3. The molecule has 23 atom stereocenters. The fraction of sp³-hybridized carbons (Fsp3) is 0.957. The van der Waals surface area contributed by atoms with Gasteiger partial charge in [-0.15, -0.1) is 0 Å². The molecule has 4 aliphatic carbocycles. The maximum Gasteiger partial charge on any atom is 0.302 e. The van der Waals surface area contributed by atoms with E-state index in [-0.39, 0.29) is 37.7 Å². The highest BCUT2D eigenvalue weighted by atomic mass is 16.8. The van der Waals surface area contributed by atoms with Crippen LogP contribution in [0.2, 0.25) is 0 Å². The molecule has 5 unspecified atom stereocenters. The average molecular weight is 917 g/mol. The Morgan fingerprint density at radius 1 is 0.672 bits per heavy atom. The first kappa shape index (κ1) is 50.3. The van der Waals surface area contributed by atoms with E-state index >= 15 is 0 Å². The van der Waals surface area contributed by atoms with Crippen LogP contribution < -0.4 is 0 Å². The van der Waals surface area contributed by atoms with Crippen molar-refractivity contribution in [1.29, 1.82) is 0 Å². The standard InChI is InChI=1S/C46H76O18/c1-22-36(49)40(56-11)37(50)41(59-22)64-39-24(3)58-35(20-31(39)55-10)63-38-23(2)57-34(19-30(38)54-9)62-29-13-14-42(7)28(18-29)12-15-45(52)32(42)21-33(61-27(6)48)43(8)44(51,16-17-46(43,45)53)25(4)60-26(5)47/h22-25,28-41,49-53H,12-21H2,1-11H3/t22-,23-,24-,25?,28?,29?,30+,31-,32?,33-,34+,35+,36-,37-,38-,39-,40-,41+,42?,43-,44-,45+,46-/m1/s1. The molecule has 0 radical (unpaired) electrons. The van der Waals surface area contributed by atoms with E-state index in [2.05, 4.69) is 6.92 Å². The van der Waals surface area contributed by atoms with Crippen molar-refractivity contribution in [2.45, 2.75) is 235 Å². The smallest absolute Gasteiger partial charge is 0.302 e. The molecule has 0 aromatic carbocycles. The van der Waals surface area contributed by atoms with E-state index < -0.39 is 138 Å². The van der Waals surface area contributed by atoms with E-state index in [1.807, 2.05) is 13.8 Å². The lowest BCUT2D eigenvalue weighted by Gasteiger charge is -2.69. The van der Waals surface area contributed by atoms with Gasteiger partial charge in [-0.25, -0.2) is 0 Å². The molecule has 5 N–H and O–H groups in total. The molecule has 18 heteroatoms. The highest BCUT2D eigenvalue weighted by Crippen LogP contribution is 2.72. The van der Waals surface area contributed by atoms with Crippen LogP contribution in [-0.4, -0.2) is 174 Å². The number of esters is 2. The van der Waals surface area contributed by atoms with Crippen molar-refractivity contribution in [3.05, 3.63) is 0 Å². The lowest BCUT2D eigenvalue weighted by molar-refractivity contribution is -0.353. The molecule has 0 aromatic rings. The molecular formula is C46H76O18. The van der Waals surface area contributed by atoms with Crippen molar-refractivity contribution >= 4 is 11.9 Å². The molecule has 368 valence electrons. The Morgan fingerprint density at radius 3 is 1.86 bits per heavy atom. The van der Waals surface area contributed by atoms with Crippen LogP contribution in [0.5, 0.6) is 0 Å². The second kappa shape index (κ2) is 18.7. The molecule has 3 aliphatic heterocycles. The molecule has 7 fully saturated rings. The number of hydrogen-bond donors (Lipinski definition) is 5. The van der Waals surface area contributed by atoms with Gasteiger partial charge in [-0.3, -0.25) is 9.59 Å². The number of aliphatic hydroxyl groups is 5. The van der Waals surface area contributed by atoms with E-state index in [4.69, 9.17) is 52.1 Å². The predicted molar refractivity (Wildman–Crippen MR) is 223 cm³/mol. The van der Waals surface area contributed by atoms with Crippen molar-refractivity contribution in [2.75, 3.05) is 21.3 Å². The van der Waals surface area contributed by atoms with Crippen LogP contribution >= 0.6 is 0 Å². The van der Waals surface area contributed by atoms with Crippen molar-refractivity contribution < 1.29 is 87.2 Å². The maximum absolute atomic E-state index is 12.9. The molecular weight excluding hydrogens is 840 g/mol. The highest BCUT2D eigenvalue weighted by molar-refractivity contribution is 5.67. The number of ether oxygens (including phenoxy) is 11. The average Bonchev–Trinajstić information content (AvgIpc) is 3.46. The summed E-state index contributed by atoms with van der Waals surface area (Å²) in [7, 11) is 4.62. The highest BCUT2D eigenvalue weighted by Gasteiger charge is 2.82. The summed E-state index contributed by atoms with van der Waals surface area (Å²) in [5.74, 6) is -1.50. The number of aliphatic hydroxyl groups excluding tert-OH is 2. The maximum atomic E-state index is 12.9. The third kappa shape index (κ3) is 8.28. The normalized spacial score (nSPS) is 52.2. The van der Waals surface area contributed by atoms with E-state index in [1.54, 1.807) is 35.0 Å². The van der Waals surface area contributed by atoms with Gasteiger partial charge in [-0.2, -0.15) is 0 Å². The minimum atomic E-state index is -1.85. The Hall–Kier alpha value is -1.62. The molecule has 0 bridgehead atoms. The van der Waals surface area contributed by atoms with Gasteiger partial charge in [0.2, 0.25) is 0 Å². The number of carbonyl (C=O) groups is 2. The second-order valence-electron chi connectivity index (χ2n) is 20.5. The summed E-state index contributed by atoms with van der Waals surface area (Å²) < 4.78 is 66.9. The first-order valence-electron chi connectivity index (χ1n) is 23.4. The van der Waals surface area contributed by atoms with Gasteiger partial charge in [-0.05, 0) is 96.3 Å². The van der Waals surface area contributed by atoms with Crippen LogP contribution in [-0.2, 0) is 61.7 Å². The monoisotopic (exact) mass is 917 g/mol. The molecule has 0 spiro atoms. The minimum absolute atomic E-state index is 0.0432. The Bertz CT molecular complexity index is 1650. The van der Waals surface area contributed by atoms with Crippen LogP contribution in [0.4, 0.5) is 0 Å². The number of carbonyl (C=O) groups excluding carboxylic acids is 2. The molecule has 3 saturated heterocycles. The second-order valence-corrected chi connectivity index (χ2v) is 20.5. The fourth-order valence-electron chi connectivity index (χ4n) is 13.7. The van der Waals surface area contributed by atoms with Crippen LogP contribution in [0.15, 0.2) is 0 Å². The summed E-state index contributed by atoms with van der Waals surface area (Å²) in [6.07, 6.45) is -7.31. The van der Waals surface area contributed by atoms with E-state index in [9.17, 15) is 35.1 Å². The van der Waals surface area contributed by atoms with E-state index in [1.165, 1.54) is 21.0 Å². The van der Waals surface area contributed by atoms with Gasteiger partial charge >= 0.3 is 11.9 Å². The van der Waals surface area contributed by atoms with Crippen LogP contribution in [0.25, 0.3) is 0 Å². The fourth-order valence-corrected chi connectivity index (χ4v) is 13.7. The topological polar surface area (TPSA) is 237 Å². The molecule has 3 heterocycles. The van der Waals surface area contributed by atoms with Crippen molar-refractivity contribution in [1.82, 2.24) is 0 Å². The summed E-state index contributed by atoms with van der Waals surface area (Å²) in [4.78, 5) is 24.7. The summed E-state index contributed by atoms with van der Waals surface area (Å²) in [5.41, 5.74) is -7.24. The van der Waals surface area contributed by atoms with Crippen molar-refractivity contribution in [2.24, 2.45) is 22.7 Å². The molecule has 7 rings (SSSR count). The number of rotatable bonds is 12. The Kier molecular flexibility index (Phi) is 14.7. The van der Waals surface area contributed by atoms with Crippen LogP contribution in [0, 0.1) is 22.7 Å². The molecule has 7 aliphatic rings. The largest absolute Gasteiger partial charge is 0.462 e. The lowest BCUT2D eigenvalue weighted by atomic mass is 9.40. The van der Waals surface area contributed by atoms with Gasteiger partial charge in [0.05, 0.1) is 47.6 Å². The Balaban J connectivity index is 0.983. The molecule has 0 aromatic heterocycles. The third-order valence-corrected chi connectivity index (χ3v) is 17.3. The lowest BCUT2D eigenvalue weighted by Crippen LogP contribution is -2.79. The number of fused-ring (bicyclic) bond motifs is 5. The van der Waals surface area contributed by atoms with E-state index in [0.29, 0.717) is 38.5 Å². The van der Waals surface area contributed by atoms with E-state index in [0.717, 1.165) is 0 Å². The van der Waals surface area contributed by atoms with Gasteiger partial charge in [-0.1, -0.05) is 13.8 Å². The summed E-state index contributed by atoms with van der Waals surface area (Å²) in [6, 6.07) is 0. The van der Waals surface area contributed by atoms with Gasteiger partial charge in [0.1, 0.15) is 53.9 Å². The van der Waals surface area contributed by atoms with Crippen LogP contribution in [0.3, 0.4) is 0 Å². The quantitative estimate of drug-likeness (QED) is 0.140. The van der Waals surface area contributed by atoms with Gasteiger partial charge in [0.25, 0.3) is 0 Å². The third-order valence-electron chi connectivity index (χ3n) is 17.3. The van der Waals surface area contributed by atoms with Gasteiger partial charge in [0, 0.05) is 48.0 Å². The zero-order valence-electron chi connectivity index (χ0n) is 39.5. The summed E-state index contributed by atoms with van der Waals surface area (Å²) in [6.45, 7) is 13.4. The first-order valence-corrected chi connectivity index (χ1v) is 23.4. The summed E-state index contributed by atoms with van der Waals surface area (Å²) in [5, 5.41) is 59.5. The molecule has 64 heavy (non-hydrogen) atoms. The van der Waals surface area contributed by atoms with Crippen molar-refractivity contribution in [3.8, 4) is 0 Å². The molecule has 4 saturated carbocycles. The molecule has 18 nitrogen and oxygen atoms in total. The minimum Gasteiger partial charge on any atom is -0.462 e. The van der Waals surface area contributed by atoms with Gasteiger partial charge < -0.3 is 77.6 Å². The first-order chi connectivity index (χ1) is 30.0. The Morgan fingerprint density at radius 2 is 1.28 bits per heavy atom. The van der Waals surface area contributed by atoms with Gasteiger partial charge in [0.15, 0.2) is 18.9 Å². The van der Waals surface area contributed by atoms with Crippen molar-refractivity contribution in [3.63, 3.8) is 0 Å². The SMILES string of the molecule is CO[C@H]1[C@@H](O)[C@H](O[C@@H]2[C@@H](C)O[C@@H](O[C@H]3[C@@H](OC)C[C@H](OC4CCC5(C)C(CC[C@]6(O)C5C[C@@H](OC(C)=O)[C@@]5(C)[C@]6(O)CC[C@@]5(O)C(C)OC(C)=O)C4)O[C@@H]3C)C[C@H]2OC)O[C@H](C)[C@H]1O. The Labute approximate surface area is 377 Å². The molecule has 0 amide bonds. The predicted octanol–water partition coefficient (Wildman–Crippen LogP) is 2.42. The number of hydrogen-bond acceptors (Lipinski definition) is 18. The summed E-state index contributed by atoms with van der Waals surface area (Å²) >= 11 is 0. The zero-order valence-corrected chi connectivity index (χ0v) is 39.5.